The highest BCUT2D eigenvalue weighted by atomic mass is 16.5. The number of H-pyrrole nitrogens is 1. The van der Waals surface area contributed by atoms with E-state index < -0.39 is 11.2 Å². The maximum Gasteiger partial charge on any atom is 0.330 e. The van der Waals surface area contributed by atoms with Gasteiger partial charge in [0.1, 0.15) is 11.5 Å². The summed E-state index contributed by atoms with van der Waals surface area (Å²) in [6, 6.07) is 0.218. The van der Waals surface area contributed by atoms with Crippen molar-refractivity contribution in [2.24, 2.45) is 5.92 Å². The zero-order chi connectivity index (χ0) is 15.4. The van der Waals surface area contributed by atoms with Crippen molar-refractivity contribution < 1.29 is 4.74 Å². The molecule has 0 radical (unpaired) electrons. The molecular weight excluding hydrogens is 272 g/mol. The number of nitrogens with two attached hydrogens (primary N) is 1. The van der Waals surface area contributed by atoms with E-state index in [1.54, 1.807) is 7.11 Å². The minimum absolute atomic E-state index is 0.179. The van der Waals surface area contributed by atoms with Gasteiger partial charge in [0.2, 0.25) is 0 Å². The first-order valence-electron chi connectivity index (χ1n) is 7.42. The molecule has 1 fully saturated rings. The molecule has 118 valence electrons. The highest BCUT2D eigenvalue weighted by molar-refractivity contribution is 5.61. The Hall–Kier alpha value is -1.76. The fraction of sp³-hybridized carbons (Fsp3) is 0.714. The van der Waals surface area contributed by atoms with Crippen molar-refractivity contribution in [1.29, 1.82) is 0 Å². The second kappa shape index (κ2) is 6.80. The van der Waals surface area contributed by atoms with Crippen LogP contribution in [-0.4, -0.2) is 29.3 Å². The number of methoxy groups -OCH3 is 1. The number of hydrogen-bond donors (Lipinski definition) is 3. The number of nitrogens with one attached hydrogen (secondary N) is 2. The summed E-state index contributed by atoms with van der Waals surface area (Å²) >= 11 is 0. The van der Waals surface area contributed by atoms with Gasteiger partial charge >= 0.3 is 5.69 Å². The molecule has 1 saturated carbocycles. The van der Waals surface area contributed by atoms with E-state index in [1.807, 2.05) is 0 Å². The predicted molar refractivity (Wildman–Crippen MR) is 82.7 cm³/mol. The van der Waals surface area contributed by atoms with Gasteiger partial charge in [-0.1, -0.05) is 19.8 Å². The smallest absolute Gasteiger partial charge is 0.330 e. The average Bonchev–Trinajstić information content (AvgIpc) is 2.45. The van der Waals surface area contributed by atoms with Crippen molar-refractivity contribution in [3.63, 3.8) is 0 Å². The standard InChI is InChI=1S/C14H24N4O3/c1-9-5-3-4-6-10(9)16-11-12(15)18(7-8-21-2)14(20)17-13(11)19/h9-10,16H,3-8,15H2,1-2H3,(H,17,19,20). The van der Waals surface area contributed by atoms with Crippen molar-refractivity contribution in [2.45, 2.75) is 45.2 Å². The fourth-order valence-corrected chi connectivity index (χ4v) is 2.85. The van der Waals surface area contributed by atoms with Crippen LogP contribution in [0.1, 0.15) is 32.6 Å². The lowest BCUT2D eigenvalue weighted by molar-refractivity contribution is 0.186. The summed E-state index contributed by atoms with van der Waals surface area (Å²) in [4.78, 5) is 26.2. The summed E-state index contributed by atoms with van der Waals surface area (Å²) in [6.45, 7) is 2.84. The van der Waals surface area contributed by atoms with E-state index in [9.17, 15) is 9.59 Å². The van der Waals surface area contributed by atoms with Crippen LogP contribution in [0.5, 0.6) is 0 Å². The Labute approximate surface area is 123 Å². The van der Waals surface area contributed by atoms with E-state index in [4.69, 9.17) is 10.5 Å². The van der Waals surface area contributed by atoms with Gasteiger partial charge in [-0.15, -0.1) is 0 Å². The van der Waals surface area contributed by atoms with Crippen molar-refractivity contribution >= 4 is 11.5 Å². The molecule has 0 aliphatic heterocycles. The van der Waals surface area contributed by atoms with Gasteiger partial charge in [0.15, 0.2) is 0 Å². The molecule has 1 aromatic heterocycles. The van der Waals surface area contributed by atoms with Crippen LogP contribution in [0.2, 0.25) is 0 Å². The van der Waals surface area contributed by atoms with E-state index in [0.717, 1.165) is 19.3 Å². The van der Waals surface area contributed by atoms with Gasteiger partial charge in [-0.3, -0.25) is 14.3 Å². The minimum atomic E-state index is -0.503. The van der Waals surface area contributed by atoms with Crippen LogP contribution >= 0.6 is 0 Å². The van der Waals surface area contributed by atoms with Crippen LogP contribution in [0.3, 0.4) is 0 Å². The minimum Gasteiger partial charge on any atom is -0.383 e. The Morgan fingerprint density at radius 2 is 2.10 bits per heavy atom. The number of nitrogen functional groups attached to an aromatic ring is 1. The number of aromatic amines is 1. The SMILES string of the molecule is COCCn1c(N)c(NC2CCCCC2C)c(=O)[nH]c1=O. The van der Waals surface area contributed by atoms with Crippen LogP contribution in [0.25, 0.3) is 0 Å². The van der Waals surface area contributed by atoms with E-state index >= 15 is 0 Å². The Bertz CT molecular complexity index is 593. The molecule has 2 rings (SSSR count). The fourth-order valence-electron chi connectivity index (χ4n) is 2.85. The van der Waals surface area contributed by atoms with E-state index in [1.165, 1.54) is 11.0 Å². The van der Waals surface area contributed by atoms with Gasteiger partial charge in [-0.05, 0) is 18.8 Å². The van der Waals surface area contributed by atoms with E-state index in [0.29, 0.717) is 24.8 Å². The summed E-state index contributed by atoms with van der Waals surface area (Å²) in [6.07, 6.45) is 4.51. The van der Waals surface area contributed by atoms with Crippen LogP contribution in [0.4, 0.5) is 11.5 Å². The molecule has 1 aromatic rings. The Morgan fingerprint density at radius 3 is 2.76 bits per heavy atom. The second-order valence-corrected chi connectivity index (χ2v) is 5.68. The van der Waals surface area contributed by atoms with Gasteiger partial charge in [0, 0.05) is 13.2 Å². The summed E-state index contributed by atoms with van der Waals surface area (Å²) in [5, 5.41) is 3.24. The number of ether oxygens (including phenoxy) is 1. The highest BCUT2D eigenvalue weighted by Crippen LogP contribution is 2.27. The van der Waals surface area contributed by atoms with Crippen LogP contribution in [0.15, 0.2) is 9.59 Å². The summed E-state index contributed by atoms with van der Waals surface area (Å²) in [5.41, 5.74) is 5.35. The second-order valence-electron chi connectivity index (χ2n) is 5.68. The number of anilines is 2. The topological polar surface area (TPSA) is 102 Å². The number of aromatic nitrogens is 2. The predicted octanol–water partition coefficient (Wildman–Crippen LogP) is 0.756. The molecule has 4 N–H and O–H groups in total. The van der Waals surface area contributed by atoms with Gasteiger partial charge in [0.25, 0.3) is 5.56 Å². The van der Waals surface area contributed by atoms with Crippen LogP contribution in [0, 0.1) is 5.92 Å². The Kier molecular flexibility index (Phi) is 5.06. The molecular formula is C14H24N4O3. The Morgan fingerprint density at radius 1 is 1.38 bits per heavy atom. The average molecular weight is 296 g/mol. The molecule has 21 heavy (non-hydrogen) atoms. The number of hydrogen-bond acceptors (Lipinski definition) is 5. The molecule has 1 aliphatic carbocycles. The third-order valence-corrected chi connectivity index (χ3v) is 4.20. The van der Waals surface area contributed by atoms with Crippen LogP contribution < -0.4 is 22.3 Å². The first-order valence-corrected chi connectivity index (χ1v) is 7.42. The lowest BCUT2D eigenvalue weighted by Crippen LogP contribution is -2.38. The molecule has 0 amide bonds. The quantitative estimate of drug-likeness (QED) is 0.744. The third-order valence-electron chi connectivity index (χ3n) is 4.20. The van der Waals surface area contributed by atoms with E-state index in [-0.39, 0.29) is 11.9 Å². The molecule has 1 aliphatic rings. The molecule has 7 heteroatoms. The largest absolute Gasteiger partial charge is 0.383 e. The lowest BCUT2D eigenvalue weighted by atomic mass is 9.86. The number of rotatable bonds is 5. The zero-order valence-electron chi connectivity index (χ0n) is 12.6. The van der Waals surface area contributed by atoms with Crippen molar-refractivity contribution in [1.82, 2.24) is 9.55 Å². The van der Waals surface area contributed by atoms with Crippen molar-refractivity contribution in [3.05, 3.63) is 20.8 Å². The summed E-state index contributed by atoms with van der Waals surface area (Å²) < 4.78 is 6.30. The molecule has 1 heterocycles. The monoisotopic (exact) mass is 296 g/mol. The molecule has 7 nitrogen and oxygen atoms in total. The highest BCUT2D eigenvalue weighted by Gasteiger charge is 2.23. The van der Waals surface area contributed by atoms with E-state index in [2.05, 4.69) is 17.2 Å². The number of nitrogens with zero attached hydrogens (tertiary/aromatic N) is 1. The van der Waals surface area contributed by atoms with Gasteiger partial charge in [-0.25, -0.2) is 4.79 Å². The molecule has 0 bridgehead atoms. The Balaban J connectivity index is 2.30. The first kappa shape index (κ1) is 15.6. The van der Waals surface area contributed by atoms with Crippen molar-refractivity contribution in [3.8, 4) is 0 Å². The van der Waals surface area contributed by atoms with Gasteiger partial charge in [0.05, 0.1) is 13.2 Å². The molecule has 0 spiro atoms. The summed E-state index contributed by atoms with van der Waals surface area (Å²) in [5.74, 6) is 0.662. The molecule has 2 unspecified atom stereocenters. The van der Waals surface area contributed by atoms with Gasteiger partial charge < -0.3 is 15.8 Å². The normalized spacial score (nSPS) is 22.2. The van der Waals surface area contributed by atoms with Gasteiger partial charge in [-0.2, -0.15) is 0 Å². The summed E-state index contributed by atoms with van der Waals surface area (Å²) in [7, 11) is 1.55. The molecule has 2 atom stereocenters. The first-order chi connectivity index (χ1) is 10.0. The zero-order valence-corrected chi connectivity index (χ0v) is 12.6. The van der Waals surface area contributed by atoms with Crippen molar-refractivity contribution in [2.75, 3.05) is 24.8 Å². The molecule has 0 saturated heterocycles. The maximum atomic E-state index is 12.0. The maximum absolute atomic E-state index is 12.0. The third kappa shape index (κ3) is 3.47. The van der Waals surface area contributed by atoms with Crippen LogP contribution in [-0.2, 0) is 11.3 Å². The molecule has 0 aromatic carbocycles. The lowest BCUT2D eigenvalue weighted by Gasteiger charge is -2.30.